The minimum atomic E-state index is -0.248. The highest BCUT2D eigenvalue weighted by atomic mass is 32.2. The van der Waals surface area contributed by atoms with Crippen molar-refractivity contribution in [1.29, 1.82) is 0 Å². The van der Waals surface area contributed by atoms with Crippen molar-refractivity contribution in [1.82, 2.24) is 4.98 Å². The zero-order valence-electron chi connectivity index (χ0n) is 11.5. The third kappa shape index (κ3) is 3.24. The minimum absolute atomic E-state index is 0.0163. The summed E-state index contributed by atoms with van der Waals surface area (Å²) in [6, 6.07) is 10.0. The highest BCUT2D eigenvalue weighted by molar-refractivity contribution is 7.98. The van der Waals surface area contributed by atoms with Crippen LogP contribution in [-0.2, 0) is 4.79 Å². The van der Waals surface area contributed by atoms with Crippen LogP contribution in [-0.4, -0.2) is 17.1 Å². The number of nitrogens with zero attached hydrogens (tertiary/aromatic N) is 1. The van der Waals surface area contributed by atoms with E-state index in [1.165, 1.54) is 23.9 Å². The zero-order valence-corrected chi connectivity index (χ0v) is 12.4. The predicted molar refractivity (Wildman–Crippen MR) is 81.9 cm³/mol. The van der Waals surface area contributed by atoms with Crippen molar-refractivity contribution in [3.8, 4) is 0 Å². The third-order valence-electron chi connectivity index (χ3n) is 3.64. The van der Waals surface area contributed by atoms with Gasteiger partial charge in [-0.2, -0.15) is 0 Å². The van der Waals surface area contributed by atoms with Crippen LogP contribution >= 0.6 is 11.8 Å². The van der Waals surface area contributed by atoms with Crippen LogP contribution in [0.4, 0.5) is 10.1 Å². The lowest BCUT2D eigenvalue weighted by atomic mass is 10.1. The molecule has 1 aromatic heterocycles. The molecule has 1 N–H and O–H groups in total. The quantitative estimate of drug-likeness (QED) is 0.876. The fourth-order valence-corrected chi connectivity index (χ4v) is 2.81. The first kappa shape index (κ1) is 14.1. The molecule has 5 heteroatoms. The summed E-state index contributed by atoms with van der Waals surface area (Å²) in [5, 5.41) is 3.80. The van der Waals surface area contributed by atoms with Gasteiger partial charge in [-0.1, -0.05) is 12.1 Å². The van der Waals surface area contributed by atoms with Crippen molar-refractivity contribution in [2.45, 2.75) is 17.4 Å². The van der Waals surface area contributed by atoms with E-state index < -0.39 is 0 Å². The molecule has 0 saturated heterocycles. The van der Waals surface area contributed by atoms with Crippen LogP contribution in [0.1, 0.15) is 17.9 Å². The lowest BCUT2D eigenvalue weighted by Crippen LogP contribution is -2.14. The van der Waals surface area contributed by atoms with Crippen LogP contribution in [0.15, 0.2) is 47.6 Å². The lowest BCUT2D eigenvalue weighted by Gasteiger charge is -2.06. The number of carbonyl (C=O) groups excluding carboxylic acids is 1. The summed E-state index contributed by atoms with van der Waals surface area (Å²) in [5.41, 5.74) is 1.79. The van der Waals surface area contributed by atoms with E-state index in [9.17, 15) is 9.18 Å². The van der Waals surface area contributed by atoms with Crippen LogP contribution in [0.2, 0.25) is 0 Å². The van der Waals surface area contributed by atoms with Gasteiger partial charge in [0.15, 0.2) is 0 Å². The fourth-order valence-electron chi connectivity index (χ4n) is 2.40. The summed E-state index contributed by atoms with van der Waals surface area (Å²) in [6.45, 7) is 0. The van der Waals surface area contributed by atoms with Gasteiger partial charge in [0.25, 0.3) is 0 Å². The smallest absolute Gasteiger partial charge is 0.228 e. The molecule has 1 aromatic carbocycles. The number of amides is 1. The number of pyridine rings is 1. The Bertz CT molecular complexity index is 660. The van der Waals surface area contributed by atoms with Crippen molar-refractivity contribution in [3.05, 3.63) is 54.0 Å². The first-order chi connectivity index (χ1) is 10.2. The van der Waals surface area contributed by atoms with E-state index in [1.54, 1.807) is 24.4 Å². The molecule has 0 unspecified atom stereocenters. The summed E-state index contributed by atoms with van der Waals surface area (Å²) in [7, 11) is 0. The van der Waals surface area contributed by atoms with Gasteiger partial charge in [-0.3, -0.25) is 4.79 Å². The number of rotatable bonds is 4. The molecule has 0 radical (unpaired) electrons. The molecule has 1 heterocycles. The first-order valence-electron chi connectivity index (χ1n) is 6.74. The van der Waals surface area contributed by atoms with Crippen molar-refractivity contribution < 1.29 is 9.18 Å². The Hall–Kier alpha value is -1.88. The maximum absolute atomic E-state index is 12.9. The Morgan fingerprint density at radius 1 is 1.33 bits per heavy atom. The van der Waals surface area contributed by atoms with Crippen molar-refractivity contribution in [2.75, 3.05) is 11.6 Å². The Morgan fingerprint density at radius 3 is 2.81 bits per heavy atom. The molecule has 1 aliphatic rings. The molecule has 3 nitrogen and oxygen atoms in total. The minimum Gasteiger partial charge on any atom is -0.326 e. The number of hydrogen-bond acceptors (Lipinski definition) is 3. The van der Waals surface area contributed by atoms with Crippen LogP contribution < -0.4 is 5.32 Å². The monoisotopic (exact) mass is 302 g/mol. The standard InChI is InChI=1S/C16H15FN2OS/c1-21-15-8-12(6-7-18-15)19-16(20)14-9-13(14)10-2-4-11(17)5-3-10/h2-8,13-14H,9H2,1H3,(H,18,19,20)/t13-,14-/m0/s1. The summed E-state index contributed by atoms with van der Waals surface area (Å²) in [6.07, 6.45) is 4.45. The summed E-state index contributed by atoms with van der Waals surface area (Å²) in [5.74, 6) is -0.0572. The molecular weight excluding hydrogens is 287 g/mol. The molecule has 2 aromatic rings. The summed E-state index contributed by atoms with van der Waals surface area (Å²) >= 11 is 1.53. The average molecular weight is 302 g/mol. The number of carbonyl (C=O) groups is 1. The highest BCUT2D eigenvalue weighted by Gasteiger charge is 2.43. The number of thioether (sulfide) groups is 1. The van der Waals surface area contributed by atoms with Gasteiger partial charge in [0.2, 0.25) is 5.91 Å². The van der Waals surface area contributed by atoms with Gasteiger partial charge in [0.1, 0.15) is 5.82 Å². The Balaban J connectivity index is 1.63. The number of halogens is 1. The van der Waals surface area contributed by atoms with Gasteiger partial charge in [-0.15, -0.1) is 11.8 Å². The number of nitrogens with one attached hydrogen (secondary N) is 1. The molecule has 108 valence electrons. The molecular formula is C16H15FN2OS. The van der Waals surface area contributed by atoms with Gasteiger partial charge in [0, 0.05) is 17.8 Å². The second-order valence-electron chi connectivity index (χ2n) is 5.08. The molecule has 0 aliphatic heterocycles. The van der Waals surface area contributed by atoms with E-state index in [0.717, 1.165) is 22.7 Å². The van der Waals surface area contributed by atoms with Crippen LogP contribution in [0, 0.1) is 11.7 Å². The lowest BCUT2D eigenvalue weighted by molar-refractivity contribution is -0.117. The molecule has 0 bridgehead atoms. The maximum atomic E-state index is 12.9. The zero-order chi connectivity index (χ0) is 14.8. The van der Waals surface area contributed by atoms with E-state index in [4.69, 9.17) is 0 Å². The second kappa shape index (κ2) is 5.85. The molecule has 0 spiro atoms. The van der Waals surface area contributed by atoms with E-state index >= 15 is 0 Å². The predicted octanol–water partition coefficient (Wildman–Crippen LogP) is 3.68. The van der Waals surface area contributed by atoms with E-state index in [0.29, 0.717) is 0 Å². The molecule has 21 heavy (non-hydrogen) atoms. The van der Waals surface area contributed by atoms with Gasteiger partial charge >= 0.3 is 0 Å². The van der Waals surface area contributed by atoms with Crippen LogP contribution in [0.5, 0.6) is 0 Å². The fraction of sp³-hybridized carbons (Fsp3) is 0.250. The van der Waals surface area contributed by atoms with Gasteiger partial charge in [-0.25, -0.2) is 9.37 Å². The Kier molecular flexibility index (Phi) is 3.92. The summed E-state index contributed by atoms with van der Waals surface area (Å²) in [4.78, 5) is 16.4. The van der Waals surface area contributed by atoms with E-state index in [1.807, 2.05) is 12.3 Å². The van der Waals surface area contributed by atoms with Crippen molar-refractivity contribution in [3.63, 3.8) is 0 Å². The number of hydrogen-bond donors (Lipinski definition) is 1. The van der Waals surface area contributed by atoms with Gasteiger partial charge < -0.3 is 5.32 Å². The Morgan fingerprint density at radius 2 is 2.10 bits per heavy atom. The first-order valence-corrected chi connectivity index (χ1v) is 7.96. The van der Waals surface area contributed by atoms with Crippen molar-refractivity contribution >= 4 is 23.4 Å². The number of aromatic nitrogens is 1. The molecule has 1 saturated carbocycles. The normalized spacial score (nSPS) is 20.1. The molecule has 1 fully saturated rings. The van der Waals surface area contributed by atoms with Crippen LogP contribution in [0.25, 0.3) is 0 Å². The molecule has 3 rings (SSSR count). The topological polar surface area (TPSA) is 42.0 Å². The second-order valence-corrected chi connectivity index (χ2v) is 5.90. The van der Waals surface area contributed by atoms with Crippen molar-refractivity contribution in [2.24, 2.45) is 5.92 Å². The van der Waals surface area contributed by atoms with E-state index in [2.05, 4.69) is 10.3 Å². The Labute approximate surface area is 127 Å². The van der Waals surface area contributed by atoms with Crippen LogP contribution in [0.3, 0.4) is 0 Å². The van der Waals surface area contributed by atoms with Gasteiger partial charge in [-0.05, 0) is 48.4 Å². The molecule has 2 atom stereocenters. The maximum Gasteiger partial charge on any atom is 0.228 e. The SMILES string of the molecule is CSc1cc(NC(=O)[C@H]2C[C@H]2c2ccc(F)cc2)ccn1. The number of anilines is 1. The van der Waals surface area contributed by atoms with E-state index in [-0.39, 0.29) is 23.6 Å². The largest absolute Gasteiger partial charge is 0.326 e. The third-order valence-corrected chi connectivity index (χ3v) is 4.28. The summed E-state index contributed by atoms with van der Waals surface area (Å²) < 4.78 is 12.9. The highest BCUT2D eigenvalue weighted by Crippen LogP contribution is 2.48. The number of benzene rings is 1. The molecule has 1 aliphatic carbocycles. The molecule has 1 amide bonds. The average Bonchev–Trinajstić information content (AvgIpc) is 3.29. The van der Waals surface area contributed by atoms with Gasteiger partial charge in [0.05, 0.1) is 5.03 Å².